The van der Waals surface area contributed by atoms with E-state index in [9.17, 15) is 0 Å². The van der Waals surface area contributed by atoms with Crippen LogP contribution in [0, 0.1) is 0 Å². The van der Waals surface area contributed by atoms with Crippen molar-refractivity contribution in [2.75, 3.05) is 25.6 Å². The molecule has 102 valence electrons. The third kappa shape index (κ3) is 4.04. The van der Waals surface area contributed by atoms with Crippen LogP contribution < -0.4 is 5.32 Å². The average Bonchev–Trinajstić information content (AvgIpc) is 2.92. The lowest BCUT2D eigenvalue weighted by molar-refractivity contribution is 0.202. The number of thiazole rings is 1. The molecule has 0 aliphatic rings. The molecule has 0 atom stereocenters. The van der Waals surface area contributed by atoms with E-state index in [-0.39, 0.29) is 0 Å². The molecular formula is C15H20N2OS. The summed E-state index contributed by atoms with van der Waals surface area (Å²) in [6, 6.07) is 8.55. The molecule has 0 saturated heterocycles. The van der Waals surface area contributed by atoms with E-state index in [1.165, 1.54) is 11.1 Å². The highest BCUT2D eigenvalue weighted by Crippen LogP contribution is 2.25. The normalized spacial score (nSPS) is 10.6. The van der Waals surface area contributed by atoms with E-state index in [0.29, 0.717) is 0 Å². The summed E-state index contributed by atoms with van der Waals surface area (Å²) >= 11 is 1.66. The number of hydrogen-bond donors (Lipinski definition) is 1. The predicted molar refractivity (Wildman–Crippen MR) is 81.9 cm³/mol. The summed E-state index contributed by atoms with van der Waals surface area (Å²) in [6.45, 7) is 3.89. The third-order valence-electron chi connectivity index (χ3n) is 2.87. The molecule has 4 heteroatoms. The number of nitrogens with one attached hydrogen (secondary N) is 1. The molecule has 0 radical (unpaired) electrons. The second-order valence-electron chi connectivity index (χ2n) is 4.40. The predicted octanol–water partition coefficient (Wildman–Crippen LogP) is 3.82. The van der Waals surface area contributed by atoms with Crippen molar-refractivity contribution in [3.8, 4) is 11.3 Å². The molecule has 19 heavy (non-hydrogen) atoms. The smallest absolute Gasteiger partial charge is 0.183 e. The van der Waals surface area contributed by atoms with Gasteiger partial charge >= 0.3 is 0 Å². The molecule has 0 amide bonds. The molecule has 2 aromatic rings. The minimum atomic E-state index is 0.765. The van der Waals surface area contributed by atoms with E-state index in [0.717, 1.165) is 36.8 Å². The highest BCUT2D eigenvalue weighted by atomic mass is 32.1. The molecule has 0 saturated carbocycles. The summed E-state index contributed by atoms with van der Waals surface area (Å²) in [7, 11) is 1.73. The van der Waals surface area contributed by atoms with Crippen molar-refractivity contribution < 1.29 is 4.74 Å². The molecule has 1 heterocycles. The standard InChI is InChI=1S/C15H20N2OS/c1-3-9-16-15-17-14(11-19-15)13-6-4-12(5-7-13)8-10-18-2/h4-7,11H,3,8-10H2,1-2H3,(H,16,17). The minimum absolute atomic E-state index is 0.765. The van der Waals surface area contributed by atoms with E-state index in [1.54, 1.807) is 18.4 Å². The summed E-state index contributed by atoms with van der Waals surface area (Å²) in [4.78, 5) is 4.59. The third-order valence-corrected chi connectivity index (χ3v) is 3.67. The molecule has 0 unspecified atom stereocenters. The molecule has 1 N–H and O–H groups in total. The Hall–Kier alpha value is -1.39. The summed E-state index contributed by atoms with van der Waals surface area (Å²) < 4.78 is 5.08. The van der Waals surface area contributed by atoms with Crippen molar-refractivity contribution in [2.24, 2.45) is 0 Å². The Morgan fingerprint density at radius 2 is 2.05 bits per heavy atom. The average molecular weight is 276 g/mol. The van der Waals surface area contributed by atoms with Crippen molar-refractivity contribution in [1.29, 1.82) is 0 Å². The van der Waals surface area contributed by atoms with Crippen molar-refractivity contribution in [1.82, 2.24) is 4.98 Å². The number of ether oxygens (including phenoxy) is 1. The molecular weight excluding hydrogens is 256 g/mol. The van der Waals surface area contributed by atoms with Crippen LogP contribution in [0.25, 0.3) is 11.3 Å². The fraction of sp³-hybridized carbons (Fsp3) is 0.400. The molecule has 0 spiro atoms. The highest BCUT2D eigenvalue weighted by molar-refractivity contribution is 7.14. The maximum Gasteiger partial charge on any atom is 0.183 e. The van der Waals surface area contributed by atoms with Crippen LogP contribution >= 0.6 is 11.3 Å². The number of hydrogen-bond acceptors (Lipinski definition) is 4. The summed E-state index contributed by atoms with van der Waals surface area (Å²) in [5.74, 6) is 0. The molecule has 3 nitrogen and oxygen atoms in total. The number of nitrogens with zero attached hydrogens (tertiary/aromatic N) is 1. The monoisotopic (exact) mass is 276 g/mol. The first-order valence-electron chi connectivity index (χ1n) is 6.61. The molecule has 1 aromatic carbocycles. The minimum Gasteiger partial charge on any atom is -0.384 e. The van der Waals surface area contributed by atoms with Crippen molar-refractivity contribution in [3.63, 3.8) is 0 Å². The van der Waals surface area contributed by atoms with Gasteiger partial charge in [-0.2, -0.15) is 0 Å². The van der Waals surface area contributed by atoms with Gasteiger partial charge in [-0.3, -0.25) is 0 Å². The SMILES string of the molecule is CCCNc1nc(-c2ccc(CCOC)cc2)cs1. The van der Waals surface area contributed by atoms with Gasteiger partial charge in [0.1, 0.15) is 0 Å². The van der Waals surface area contributed by atoms with Crippen LogP contribution in [-0.4, -0.2) is 25.2 Å². The second kappa shape index (κ2) is 7.26. The van der Waals surface area contributed by atoms with Gasteiger partial charge in [-0.1, -0.05) is 31.2 Å². The zero-order chi connectivity index (χ0) is 13.5. The largest absolute Gasteiger partial charge is 0.384 e. The van der Waals surface area contributed by atoms with Crippen LogP contribution in [-0.2, 0) is 11.2 Å². The van der Waals surface area contributed by atoms with Crippen molar-refractivity contribution in [3.05, 3.63) is 35.2 Å². The first-order chi connectivity index (χ1) is 9.33. The number of rotatable bonds is 7. The fourth-order valence-corrected chi connectivity index (χ4v) is 2.53. The zero-order valence-electron chi connectivity index (χ0n) is 11.5. The molecule has 1 aromatic heterocycles. The molecule has 0 aliphatic carbocycles. The maximum absolute atomic E-state index is 5.08. The lowest BCUT2D eigenvalue weighted by Crippen LogP contribution is -1.98. The number of methoxy groups -OCH3 is 1. The van der Waals surface area contributed by atoms with Gasteiger partial charge in [0.05, 0.1) is 12.3 Å². The van der Waals surface area contributed by atoms with E-state index < -0.39 is 0 Å². The van der Waals surface area contributed by atoms with Crippen LogP contribution in [0.15, 0.2) is 29.6 Å². The first-order valence-corrected chi connectivity index (χ1v) is 7.49. The van der Waals surface area contributed by atoms with Gasteiger partial charge in [0.15, 0.2) is 5.13 Å². The Balaban J connectivity index is 2.02. The van der Waals surface area contributed by atoms with Gasteiger partial charge in [-0.25, -0.2) is 4.98 Å². The summed E-state index contributed by atoms with van der Waals surface area (Å²) in [5, 5.41) is 6.41. The Kier molecular flexibility index (Phi) is 5.36. The number of anilines is 1. The topological polar surface area (TPSA) is 34.2 Å². The van der Waals surface area contributed by atoms with Gasteiger partial charge in [0.25, 0.3) is 0 Å². The quantitative estimate of drug-likeness (QED) is 0.834. The molecule has 0 aliphatic heterocycles. The Morgan fingerprint density at radius 1 is 1.26 bits per heavy atom. The fourth-order valence-electron chi connectivity index (χ4n) is 1.78. The zero-order valence-corrected chi connectivity index (χ0v) is 12.3. The summed E-state index contributed by atoms with van der Waals surface area (Å²) in [6.07, 6.45) is 2.07. The Labute approximate surface area is 118 Å². The Morgan fingerprint density at radius 3 is 2.74 bits per heavy atom. The van der Waals surface area contributed by atoms with Gasteiger partial charge in [0.2, 0.25) is 0 Å². The van der Waals surface area contributed by atoms with Crippen LogP contribution in [0.2, 0.25) is 0 Å². The van der Waals surface area contributed by atoms with Crippen molar-refractivity contribution >= 4 is 16.5 Å². The lowest BCUT2D eigenvalue weighted by Gasteiger charge is -2.02. The van der Waals surface area contributed by atoms with Gasteiger partial charge in [0, 0.05) is 24.6 Å². The highest BCUT2D eigenvalue weighted by Gasteiger charge is 2.04. The first kappa shape index (κ1) is 14.0. The maximum atomic E-state index is 5.08. The van der Waals surface area contributed by atoms with Gasteiger partial charge < -0.3 is 10.1 Å². The van der Waals surface area contributed by atoms with Crippen LogP contribution in [0.1, 0.15) is 18.9 Å². The Bertz CT molecular complexity index is 493. The molecule has 0 fully saturated rings. The lowest BCUT2D eigenvalue weighted by atomic mass is 10.1. The van der Waals surface area contributed by atoms with Crippen LogP contribution in [0.5, 0.6) is 0 Å². The molecule has 2 rings (SSSR count). The van der Waals surface area contributed by atoms with E-state index >= 15 is 0 Å². The number of benzene rings is 1. The second-order valence-corrected chi connectivity index (χ2v) is 5.26. The van der Waals surface area contributed by atoms with E-state index in [2.05, 4.69) is 46.9 Å². The van der Waals surface area contributed by atoms with Crippen molar-refractivity contribution in [2.45, 2.75) is 19.8 Å². The molecule has 0 bridgehead atoms. The summed E-state index contributed by atoms with van der Waals surface area (Å²) in [5.41, 5.74) is 3.51. The van der Waals surface area contributed by atoms with Gasteiger partial charge in [-0.15, -0.1) is 11.3 Å². The van der Waals surface area contributed by atoms with Crippen LogP contribution in [0.3, 0.4) is 0 Å². The van der Waals surface area contributed by atoms with E-state index in [1.807, 2.05) is 0 Å². The van der Waals surface area contributed by atoms with E-state index in [4.69, 9.17) is 4.74 Å². The van der Waals surface area contributed by atoms with Crippen LogP contribution in [0.4, 0.5) is 5.13 Å². The number of aromatic nitrogens is 1. The van der Waals surface area contributed by atoms with Gasteiger partial charge in [-0.05, 0) is 18.4 Å².